The molecule has 1 N–H and O–H groups in total. The van der Waals surface area contributed by atoms with Gasteiger partial charge in [0.05, 0.1) is 6.42 Å². The monoisotopic (exact) mass is 249 g/mol. The van der Waals surface area contributed by atoms with E-state index in [-0.39, 0.29) is 6.42 Å². The fraction of sp³-hybridized carbons (Fsp3) is 0.533. The summed E-state index contributed by atoms with van der Waals surface area (Å²) >= 11 is 0. The maximum absolute atomic E-state index is 10.6. The first kappa shape index (κ1) is 14.7. The summed E-state index contributed by atoms with van der Waals surface area (Å²) in [5, 5.41) is 8.71. The molecule has 3 nitrogen and oxygen atoms in total. The van der Waals surface area contributed by atoms with Crippen molar-refractivity contribution in [3.8, 4) is 0 Å². The van der Waals surface area contributed by atoms with E-state index in [2.05, 4.69) is 25.8 Å². The van der Waals surface area contributed by atoms with Gasteiger partial charge in [-0.05, 0) is 31.0 Å². The van der Waals surface area contributed by atoms with E-state index in [4.69, 9.17) is 5.11 Å². The summed E-state index contributed by atoms with van der Waals surface area (Å²) in [6.45, 7) is 5.33. The SMILES string of the molecule is CCC(CC)N(C)Cc1ccc(CC(=O)O)cc1. The van der Waals surface area contributed by atoms with Crippen molar-refractivity contribution in [3.63, 3.8) is 0 Å². The second-order valence-corrected chi connectivity index (χ2v) is 4.77. The minimum atomic E-state index is -0.781. The summed E-state index contributed by atoms with van der Waals surface area (Å²) in [5.74, 6) is -0.781. The van der Waals surface area contributed by atoms with E-state index >= 15 is 0 Å². The number of carboxylic acids is 1. The number of rotatable bonds is 7. The third-order valence-electron chi connectivity index (χ3n) is 3.38. The van der Waals surface area contributed by atoms with E-state index in [0.29, 0.717) is 6.04 Å². The zero-order chi connectivity index (χ0) is 13.5. The highest BCUT2D eigenvalue weighted by Gasteiger charge is 2.10. The molecule has 18 heavy (non-hydrogen) atoms. The molecule has 0 bridgehead atoms. The van der Waals surface area contributed by atoms with Gasteiger partial charge < -0.3 is 5.11 Å². The van der Waals surface area contributed by atoms with E-state index < -0.39 is 5.97 Å². The first-order valence-electron chi connectivity index (χ1n) is 6.56. The molecule has 0 saturated carbocycles. The van der Waals surface area contributed by atoms with Gasteiger partial charge in [0.2, 0.25) is 0 Å². The standard InChI is InChI=1S/C15H23NO2/c1-4-14(5-2)16(3)11-13-8-6-12(7-9-13)10-15(17)18/h6-9,14H,4-5,10-11H2,1-3H3,(H,17,18). The van der Waals surface area contributed by atoms with Crippen LogP contribution in [0.5, 0.6) is 0 Å². The number of hydrogen-bond donors (Lipinski definition) is 1. The zero-order valence-electron chi connectivity index (χ0n) is 11.5. The summed E-state index contributed by atoms with van der Waals surface area (Å²) in [7, 11) is 2.14. The van der Waals surface area contributed by atoms with Gasteiger partial charge in [-0.3, -0.25) is 9.69 Å². The molecule has 0 aliphatic carbocycles. The highest BCUT2D eigenvalue weighted by atomic mass is 16.4. The fourth-order valence-corrected chi connectivity index (χ4v) is 2.27. The average Bonchev–Trinajstić information content (AvgIpc) is 2.32. The molecule has 0 aromatic heterocycles. The molecule has 1 aromatic carbocycles. The summed E-state index contributed by atoms with van der Waals surface area (Å²) in [5.41, 5.74) is 2.09. The summed E-state index contributed by atoms with van der Waals surface area (Å²) < 4.78 is 0. The number of carbonyl (C=O) groups is 1. The molecule has 1 aromatic rings. The van der Waals surface area contributed by atoms with Crippen molar-refractivity contribution in [3.05, 3.63) is 35.4 Å². The first-order valence-corrected chi connectivity index (χ1v) is 6.56. The van der Waals surface area contributed by atoms with Crippen LogP contribution in [0.3, 0.4) is 0 Å². The molecular formula is C15H23NO2. The molecule has 0 aliphatic rings. The van der Waals surface area contributed by atoms with Gasteiger partial charge in [-0.15, -0.1) is 0 Å². The zero-order valence-corrected chi connectivity index (χ0v) is 11.5. The Kier molecular flexibility index (Phi) is 5.86. The molecule has 0 spiro atoms. The Morgan fingerprint density at radius 2 is 1.67 bits per heavy atom. The number of carboxylic acid groups (broad SMARTS) is 1. The summed E-state index contributed by atoms with van der Waals surface area (Å²) in [6.07, 6.45) is 2.41. The minimum Gasteiger partial charge on any atom is -0.481 e. The normalized spacial score (nSPS) is 11.2. The molecule has 0 radical (unpaired) electrons. The molecule has 0 fully saturated rings. The Morgan fingerprint density at radius 3 is 2.11 bits per heavy atom. The topological polar surface area (TPSA) is 40.5 Å². The average molecular weight is 249 g/mol. The predicted molar refractivity (Wildman–Crippen MR) is 73.6 cm³/mol. The highest BCUT2D eigenvalue weighted by molar-refractivity contribution is 5.70. The van der Waals surface area contributed by atoms with Gasteiger partial charge in [-0.1, -0.05) is 38.1 Å². The third kappa shape index (κ3) is 4.49. The first-order chi connectivity index (χ1) is 8.56. The molecule has 0 unspecified atom stereocenters. The van der Waals surface area contributed by atoms with Gasteiger partial charge in [0, 0.05) is 12.6 Å². The Balaban J connectivity index is 2.60. The van der Waals surface area contributed by atoms with Crippen LogP contribution in [0.1, 0.15) is 37.8 Å². The largest absolute Gasteiger partial charge is 0.481 e. The molecule has 3 heteroatoms. The van der Waals surface area contributed by atoms with Crippen molar-refractivity contribution in [1.29, 1.82) is 0 Å². The van der Waals surface area contributed by atoms with E-state index in [1.165, 1.54) is 5.56 Å². The maximum Gasteiger partial charge on any atom is 0.307 e. The summed E-state index contributed by atoms with van der Waals surface area (Å²) in [4.78, 5) is 12.9. The van der Waals surface area contributed by atoms with Gasteiger partial charge in [0.25, 0.3) is 0 Å². The Labute approximate surface area is 109 Å². The lowest BCUT2D eigenvalue weighted by Crippen LogP contribution is -2.29. The van der Waals surface area contributed by atoms with Crippen molar-refractivity contribution in [2.24, 2.45) is 0 Å². The number of aliphatic carboxylic acids is 1. The Bertz CT molecular complexity index is 369. The lowest BCUT2D eigenvalue weighted by molar-refractivity contribution is -0.136. The predicted octanol–water partition coefficient (Wildman–Crippen LogP) is 2.93. The molecule has 0 heterocycles. The second-order valence-electron chi connectivity index (χ2n) is 4.77. The van der Waals surface area contributed by atoms with Crippen LogP contribution in [0.2, 0.25) is 0 Å². The fourth-order valence-electron chi connectivity index (χ4n) is 2.27. The van der Waals surface area contributed by atoms with Crippen LogP contribution in [0.25, 0.3) is 0 Å². The van der Waals surface area contributed by atoms with Gasteiger partial charge in [0.1, 0.15) is 0 Å². The van der Waals surface area contributed by atoms with Crippen LogP contribution >= 0.6 is 0 Å². The van der Waals surface area contributed by atoms with Gasteiger partial charge >= 0.3 is 5.97 Å². The third-order valence-corrected chi connectivity index (χ3v) is 3.38. The molecule has 1 rings (SSSR count). The van der Waals surface area contributed by atoms with E-state index in [0.717, 1.165) is 24.9 Å². The Morgan fingerprint density at radius 1 is 1.17 bits per heavy atom. The number of nitrogens with zero attached hydrogens (tertiary/aromatic N) is 1. The van der Waals surface area contributed by atoms with Crippen LogP contribution < -0.4 is 0 Å². The summed E-state index contributed by atoms with van der Waals surface area (Å²) in [6, 6.07) is 8.48. The van der Waals surface area contributed by atoms with Crippen molar-refractivity contribution < 1.29 is 9.90 Å². The molecule has 0 atom stereocenters. The van der Waals surface area contributed by atoms with Crippen molar-refractivity contribution >= 4 is 5.97 Å². The van der Waals surface area contributed by atoms with E-state index in [1.54, 1.807) is 0 Å². The highest BCUT2D eigenvalue weighted by Crippen LogP contribution is 2.12. The van der Waals surface area contributed by atoms with E-state index in [1.807, 2.05) is 24.3 Å². The van der Waals surface area contributed by atoms with Crippen LogP contribution in [0.15, 0.2) is 24.3 Å². The number of benzene rings is 1. The van der Waals surface area contributed by atoms with Crippen LogP contribution in [-0.2, 0) is 17.8 Å². The van der Waals surface area contributed by atoms with Crippen LogP contribution in [0, 0.1) is 0 Å². The van der Waals surface area contributed by atoms with Crippen LogP contribution in [-0.4, -0.2) is 29.1 Å². The van der Waals surface area contributed by atoms with Gasteiger partial charge in [-0.25, -0.2) is 0 Å². The lowest BCUT2D eigenvalue weighted by Gasteiger charge is -2.26. The lowest BCUT2D eigenvalue weighted by atomic mass is 10.1. The van der Waals surface area contributed by atoms with Crippen LogP contribution in [0.4, 0.5) is 0 Å². The van der Waals surface area contributed by atoms with Crippen molar-refractivity contribution in [2.45, 2.75) is 45.7 Å². The minimum absolute atomic E-state index is 0.0999. The maximum atomic E-state index is 10.6. The molecule has 0 aliphatic heterocycles. The Hall–Kier alpha value is -1.35. The number of hydrogen-bond acceptors (Lipinski definition) is 2. The molecule has 0 saturated heterocycles. The second kappa shape index (κ2) is 7.17. The molecule has 0 amide bonds. The van der Waals surface area contributed by atoms with Crippen molar-refractivity contribution in [1.82, 2.24) is 4.90 Å². The molecular weight excluding hydrogens is 226 g/mol. The van der Waals surface area contributed by atoms with Gasteiger partial charge in [-0.2, -0.15) is 0 Å². The van der Waals surface area contributed by atoms with Crippen molar-refractivity contribution in [2.75, 3.05) is 7.05 Å². The smallest absolute Gasteiger partial charge is 0.307 e. The van der Waals surface area contributed by atoms with E-state index in [9.17, 15) is 4.79 Å². The quantitative estimate of drug-likeness (QED) is 0.807. The molecule has 100 valence electrons. The van der Waals surface area contributed by atoms with Gasteiger partial charge in [0.15, 0.2) is 0 Å².